The number of allylic oxidation sites excluding steroid dienone is 4. The van der Waals surface area contributed by atoms with Gasteiger partial charge in [-0.1, -0.05) is 142 Å². The smallest absolute Gasteiger partial charge is 0.0110 e. The number of nitrogens with two attached hydrogens (primary N) is 1. The first-order valence-electron chi connectivity index (χ1n) is 12.9. The van der Waals surface area contributed by atoms with Gasteiger partial charge in [-0.25, -0.2) is 0 Å². The van der Waals surface area contributed by atoms with Gasteiger partial charge in [0.05, 0.1) is 0 Å². The van der Waals surface area contributed by atoms with E-state index in [1.54, 1.807) is 6.08 Å². The molecule has 2 N–H and O–H groups in total. The molecule has 188 valence electrons. The zero-order valence-electron chi connectivity index (χ0n) is 23.4. The van der Waals surface area contributed by atoms with E-state index in [1.165, 1.54) is 27.8 Å². The third-order valence-corrected chi connectivity index (χ3v) is 5.67. The van der Waals surface area contributed by atoms with Gasteiger partial charge < -0.3 is 5.73 Å². The van der Waals surface area contributed by atoms with Gasteiger partial charge in [-0.2, -0.15) is 0 Å². The van der Waals surface area contributed by atoms with Crippen LogP contribution in [0.25, 0.3) is 0 Å². The second-order valence-electron chi connectivity index (χ2n) is 9.93. The van der Waals surface area contributed by atoms with Crippen LogP contribution >= 0.6 is 0 Å². The summed E-state index contributed by atoms with van der Waals surface area (Å²) in [5, 5.41) is 0. The third kappa shape index (κ3) is 13.4. The van der Waals surface area contributed by atoms with Crippen molar-refractivity contribution in [1.29, 1.82) is 0 Å². The molecule has 0 atom stereocenters. The van der Waals surface area contributed by atoms with Gasteiger partial charge in [-0.15, -0.1) is 0 Å². The van der Waals surface area contributed by atoms with E-state index in [-0.39, 0.29) is 0 Å². The van der Waals surface area contributed by atoms with E-state index in [4.69, 9.17) is 5.73 Å². The van der Waals surface area contributed by atoms with Crippen LogP contribution in [0.1, 0.15) is 102 Å². The second-order valence-corrected chi connectivity index (χ2v) is 9.93. The summed E-state index contributed by atoms with van der Waals surface area (Å²) in [4.78, 5) is 0. The topological polar surface area (TPSA) is 26.0 Å². The molecule has 2 aromatic rings. The summed E-state index contributed by atoms with van der Waals surface area (Å²) >= 11 is 0. The Morgan fingerprint density at radius 2 is 1.29 bits per heavy atom. The van der Waals surface area contributed by atoms with Gasteiger partial charge >= 0.3 is 0 Å². The van der Waals surface area contributed by atoms with Crippen LogP contribution in [-0.2, 0) is 6.42 Å². The minimum absolute atomic E-state index is 0.538. The van der Waals surface area contributed by atoms with Crippen LogP contribution in [0.3, 0.4) is 0 Å². The first kappa shape index (κ1) is 31.6. The molecule has 0 saturated heterocycles. The largest absolute Gasteiger partial charge is 0.327 e. The molecule has 2 rings (SSSR count). The van der Waals surface area contributed by atoms with Crippen LogP contribution in [0.5, 0.6) is 0 Å². The van der Waals surface area contributed by atoms with Crippen molar-refractivity contribution < 1.29 is 0 Å². The molecular weight excluding hydrogens is 410 g/mol. The molecule has 0 heterocycles. The number of rotatable bonds is 8. The Balaban J connectivity index is 0.000000493. The van der Waals surface area contributed by atoms with Crippen LogP contribution in [0.4, 0.5) is 0 Å². The highest BCUT2D eigenvalue weighted by Crippen LogP contribution is 2.23. The Bertz CT molecular complexity index is 825. The first-order chi connectivity index (χ1) is 16.1. The number of benzene rings is 2. The Hall–Kier alpha value is -2.38. The molecule has 2 aromatic carbocycles. The van der Waals surface area contributed by atoms with Crippen molar-refractivity contribution in [2.24, 2.45) is 11.7 Å². The van der Waals surface area contributed by atoms with Crippen LogP contribution in [0.2, 0.25) is 0 Å². The van der Waals surface area contributed by atoms with Crippen LogP contribution in [-0.4, -0.2) is 6.54 Å². The van der Waals surface area contributed by atoms with Crippen molar-refractivity contribution in [2.45, 2.75) is 86.5 Å². The molecule has 0 aromatic heterocycles. The minimum atomic E-state index is 0.538. The summed E-state index contributed by atoms with van der Waals surface area (Å²) in [6.07, 6.45) is 8.95. The Labute approximate surface area is 211 Å². The lowest BCUT2D eigenvalue weighted by Crippen LogP contribution is -1.96. The summed E-state index contributed by atoms with van der Waals surface area (Å²) in [6.45, 7) is 24.2. The molecule has 1 heteroatoms. The van der Waals surface area contributed by atoms with E-state index in [2.05, 4.69) is 111 Å². The van der Waals surface area contributed by atoms with Crippen LogP contribution < -0.4 is 5.73 Å². The lowest BCUT2D eigenvalue weighted by Gasteiger charge is -2.13. The molecule has 0 saturated carbocycles. The first-order valence-corrected chi connectivity index (χ1v) is 12.9. The molecule has 0 aliphatic rings. The van der Waals surface area contributed by atoms with Gasteiger partial charge in [0.25, 0.3) is 0 Å². The van der Waals surface area contributed by atoms with Crippen LogP contribution in [0, 0.1) is 5.92 Å². The zero-order chi connectivity index (χ0) is 26.1. The monoisotopic (exact) mass is 461 g/mol. The molecule has 0 spiro atoms. The number of hydrogen-bond donors (Lipinski definition) is 1. The van der Waals surface area contributed by atoms with Crippen molar-refractivity contribution >= 4 is 0 Å². The molecule has 0 aliphatic heterocycles. The van der Waals surface area contributed by atoms with Gasteiger partial charge in [-0.05, 0) is 57.9 Å². The Morgan fingerprint density at radius 3 is 1.62 bits per heavy atom. The molecule has 0 fully saturated rings. The summed E-state index contributed by atoms with van der Waals surface area (Å²) in [6, 6.07) is 17.6. The molecule has 1 nitrogen and oxygen atoms in total. The lowest BCUT2D eigenvalue weighted by molar-refractivity contribution is 0.791. The van der Waals surface area contributed by atoms with Gasteiger partial charge in [0, 0.05) is 6.54 Å². The van der Waals surface area contributed by atoms with E-state index in [1.807, 2.05) is 24.3 Å². The molecule has 0 aliphatic carbocycles. The van der Waals surface area contributed by atoms with Gasteiger partial charge in [0.2, 0.25) is 0 Å². The third-order valence-electron chi connectivity index (χ3n) is 5.67. The molecule has 0 radical (unpaired) electrons. The van der Waals surface area contributed by atoms with Crippen molar-refractivity contribution in [3.8, 4) is 0 Å². The standard InChI is InChI=1S/C14H22.C10H17N.C9H12/c1-6-12-7-13(10(2)3)9-14(8-12)11(4)5;1-4-6-10(9(2)3)7-5-8-11;1-8(2)9-6-4-3-5-7-9/h7-11H,6H2,1-5H3;4-7,9H,1,8,11H2,2-3H3;3-8H,1-2H3/b;7-5-,10-6+;. The highest BCUT2D eigenvalue weighted by molar-refractivity contribution is 5.33. The maximum Gasteiger partial charge on any atom is 0.0110 e. The second kappa shape index (κ2) is 18.0. The van der Waals surface area contributed by atoms with Gasteiger partial charge in [0.1, 0.15) is 0 Å². The van der Waals surface area contributed by atoms with Crippen molar-refractivity contribution in [3.63, 3.8) is 0 Å². The highest BCUT2D eigenvalue weighted by Gasteiger charge is 2.06. The molecule has 0 unspecified atom stereocenters. The number of aryl methyl sites for hydroxylation is 1. The average Bonchev–Trinajstić information content (AvgIpc) is 2.82. The minimum Gasteiger partial charge on any atom is -0.327 e. The fraction of sp³-hybridized carbons (Fsp3) is 0.455. The SMILES string of the molecule is C=C/C=C(\C=C/CN)C(C)C.CC(C)c1ccccc1.CCc1cc(C(C)C)cc(C(C)C)c1. The predicted molar refractivity (Wildman–Crippen MR) is 156 cm³/mol. The highest BCUT2D eigenvalue weighted by atomic mass is 14.5. The summed E-state index contributed by atoms with van der Waals surface area (Å²) < 4.78 is 0. The Kier molecular flexibility index (Phi) is 16.8. The predicted octanol–water partition coefficient (Wildman–Crippen LogP) is 9.58. The number of hydrogen-bond acceptors (Lipinski definition) is 1. The van der Waals surface area contributed by atoms with Crippen molar-refractivity contribution in [1.82, 2.24) is 0 Å². The van der Waals surface area contributed by atoms with Gasteiger partial charge in [0.15, 0.2) is 0 Å². The summed E-state index contributed by atoms with van der Waals surface area (Å²) in [5.41, 5.74) is 12.4. The van der Waals surface area contributed by atoms with E-state index in [0.717, 1.165) is 6.42 Å². The molecule has 0 amide bonds. The van der Waals surface area contributed by atoms with E-state index >= 15 is 0 Å². The fourth-order valence-electron chi connectivity index (χ4n) is 3.23. The van der Waals surface area contributed by atoms with Crippen molar-refractivity contribution in [3.05, 3.63) is 107 Å². The maximum absolute atomic E-state index is 5.33. The molecule has 34 heavy (non-hydrogen) atoms. The average molecular weight is 462 g/mol. The van der Waals surface area contributed by atoms with Gasteiger partial charge in [-0.3, -0.25) is 0 Å². The van der Waals surface area contributed by atoms with Crippen LogP contribution in [0.15, 0.2) is 85.0 Å². The van der Waals surface area contributed by atoms with E-state index < -0.39 is 0 Å². The lowest BCUT2D eigenvalue weighted by atomic mass is 9.92. The maximum atomic E-state index is 5.33. The van der Waals surface area contributed by atoms with Crippen molar-refractivity contribution in [2.75, 3.05) is 6.54 Å². The normalized spacial score (nSPS) is 11.5. The quantitative estimate of drug-likeness (QED) is 0.389. The summed E-state index contributed by atoms with van der Waals surface area (Å²) in [5.74, 6) is 2.47. The Morgan fingerprint density at radius 1 is 0.794 bits per heavy atom. The summed E-state index contributed by atoms with van der Waals surface area (Å²) in [7, 11) is 0. The van der Waals surface area contributed by atoms with E-state index in [9.17, 15) is 0 Å². The van der Waals surface area contributed by atoms with E-state index in [0.29, 0.717) is 30.2 Å². The molecular formula is C33H51N. The fourth-order valence-corrected chi connectivity index (χ4v) is 3.23. The molecule has 0 bridgehead atoms. The zero-order valence-corrected chi connectivity index (χ0v) is 23.4.